The molecule has 0 N–H and O–H groups in total. The molecule has 0 saturated carbocycles. The van der Waals surface area contributed by atoms with Crippen molar-refractivity contribution in [3.63, 3.8) is 0 Å². The van der Waals surface area contributed by atoms with E-state index in [1.54, 1.807) is 0 Å². The average Bonchev–Trinajstić information content (AvgIpc) is 2.20. The molecule has 1 heterocycles. The number of hydrogen-bond donors (Lipinski definition) is 0. The van der Waals surface area contributed by atoms with Crippen LogP contribution in [-0.4, -0.2) is 17.6 Å². The van der Waals surface area contributed by atoms with Crippen LogP contribution in [0.15, 0.2) is 10.8 Å². The first kappa shape index (κ1) is 13.0. The van der Waals surface area contributed by atoms with Crippen LogP contribution in [0.1, 0.15) is 29.3 Å². The number of carbonyl (C=O) groups excluding carboxylic acids is 1. The number of esters is 1. The normalized spacial score (nSPS) is 10.6. The van der Waals surface area contributed by atoms with E-state index >= 15 is 0 Å². The van der Waals surface area contributed by atoms with E-state index in [4.69, 9.17) is 0 Å². The van der Waals surface area contributed by atoms with Gasteiger partial charge in [0.05, 0.1) is 18.4 Å². The number of ether oxygens (including phenoxy) is 1. The second-order valence-electron chi connectivity index (χ2n) is 2.71. The summed E-state index contributed by atoms with van der Waals surface area (Å²) < 4.78 is 42.7. The highest BCUT2D eigenvalue weighted by Gasteiger charge is 2.27. The van der Waals surface area contributed by atoms with Crippen LogP contribution in [-0.2, 0) is 4.74 Å². The molecular formula is C9H7BrF3NO2. The summed E-state index contributed by atoms with van der Waals surface area (Å²) in [7, 11) is 0. The lowest BCUT2D eigenvalue weighted by Gasteiger charge is -2.10. The van der Waals surface area contributed by atoms with Crippen molar-refractivity contribution in [3.8, 4) is 0 Å². The Bertz CT molecular complexity index is 412. The highest BCUT2D eigenvalue weighted by Crippen LogP contribution is 2.30. The number of nitrogens with zero attached hydrogens (tertiary/aromatic N) is 1. The maximum atomic E-state index is 13.2. The van der Waals surface area contributed by atoms with E-state index in [0.29, 0.717) is 6.20 Å². The fraction of sp³-hybridized carbons (Fsp3) is 0.333. The number of alkyl halides is 2. The third kappa shape index (κ3) is 2.52. The Balaban J connectivity index is 3.34. The molecule has 0 atom stereocenters. The zero-order valence-electron chi connectivity index (χ0n) is 8.14. The highest BCUT2D eigenvalue weighted by atomic mass is 79.9. The Morgan fingerprint density at radius 3 is 2.75 bits per heavy atom. The molecule has 1 aromatic rings. The fourth-order valence-electron chi connectivity index (χ4n) is 1.09. The Kier molecular flexibility index (Phi) is 4.28. The first-order valence-corrected chi connectivity index (χ1v) is 5.07. The summed E-state index contributed by atoms with van der Waals surface area (Å²) in [5.41, 5.74) is -1.57. The monoisotopic (exact) mass is 297 g/mol. The molecule has 1 rings (SSSR count). The molecule has 0 aliphatic carbocycles. The van der Waals surface area contributed by atoms with Gasteiger partial charge < -0.3 is 4.74 Å². The lowest BCUT2D eigenvalue weighted by molar-refractivity contribution is 0.0508. The van der Waals surface area contributed by atoms with Crippen LogP contribution in [0.2, 0.25) is 0 Å². The van der Waals surface area contributed by atoms with Crippen molar-refractivity contribution >= 4 is 21.9 Å². The molecule has 0 fully saturated rings. The summed E-state index contributed by atoms with van der Waals surface area (Å²) in [6, 6.07) is 0. The van der Waals surface area contributed by atoms with Crippen LogP contribution < -0.4 is 0 Å². The third-order valence-electron chi connectivity index (χ3n) is 1.72. The average molecular weight is 298 g/mol. The molecular weight excluding hydrogens is 291 g/mol. The first-order valence-electron chi connectivity index (χ1n) is 4.28. The summed E-state index contributed by atoms with van der Waals surface area (Å²) >= 11 is 2.74. The van der Waals surface area contributed by atoms with Crippen LogP contribution in [0.25, 0.3) is 0 Å². The molecule has 0 radical (unpaired) electrons. The van der Waals surface area contributed by atoms with Crippen LogP contribution >= 0.6 is 15.9 Å². The molecule has 0 aliphatic rings. The third-order valence-corrected chi connectivity index (χ3v) is 2.35. The lowest BCUT2D eigenvalue weighted by atomic mass is 10.1. The Morgan fingerprint density at radius 1 is 1.62 bits per heavy atom. The minimum Gasteiger partial charge on any atom is -0.462 e. The van der Waals surface area contributed by atoms with E-state index in [1.165, 1.54) is 6.92 Å². The summed E-state index contributed by atoms with van der Waals surface area (Å²) in [6.45, 7) is 1.47. The lowest BCUT2D eigenvalue weighted by Crippen LogP contribution is -2.12. The second-order valence-corrected chi connectivity index (χ2v) is 3.46. The predicted molar refractivity (Wildman–Crippen MR) is 52.8 cm³/mol. The molecule has 16 heavy (non-hydrogen) atoms. The van der Waals surface area contributed by atoms with Gasteiger partial charge in [0.15, 0.2) is 5.82 Å². The first-order chi connectivity index (χ1) is 7.49. The quantitative estimate of drug-likeness (QED) is 0.636. The van der Waals surface area contributed by atoms with Gasteiger partial charge in [0, 0.05) is 0 Å². The van der Waals surface area contributed by atoms with E-state index in [-0.39, 0.29) is 11.2 Å². The van der Waals surface area contributed by atoms with Crippen molar-refractivity contribution in [2.75, 3.05) is 6.61 Å². The molecule has 1 aromatic heterocycles. The maximum absolute atomic E-state index is 13.2. The van der Waals surface area contributed by atoms with Gasteiger partial charge in [0.25, 0.3) is 6.43 Å². The SMILES string of the molecule is CCOC(=O)c1c(F)cnc(Br)c1C(F)F. The van der Waals surface area contributed by atoms with Crippen LogP contribution in [0, 0.1) is 5.82 Å². The molecule has 0 aliphatic heterocycles. The summed E-state index contributed by atoms with van der Waals surface area (Å²) in [5.74, 6) is -2.25. The van der Waals surface area contributed by atoms with E-state index < -0.39 is 29.3 Å². The summed E-state index contributed by atoms with van der Waals surface area (Å²) in [6.07, 6.45) is -2.33. The smallest absolute Gasteiger partial charge is 0.341 e. The molecule has 88 valence electrons. The van der Waals surface area contributed by atoms with Crippen molar-refractivity contribution in [1.29, 1.82) is 0 Å². The Labute approximate surface area is 97.8 Å². The van der Waals surface area contributed by atoms with Gasteiger partial charge in [-0.15, -0.1) is 0 Å². The number of hydrogen-bond acceptors (Lipinski definition) is 3. The van der Waals surface area contributed by atoms with Crippen molar-refractivity contribution < 1.29 is 22.7 Å². The zero-order valence-corrected chi connectivity index (χ0v) is 9.72. The number of carbonyl (C=O) groups is 1. The summed E-state index contributed by atoms with van der Waals surface area (Å²) in [4.78, 5) is 14.7. The Morgan fingerprint density at radius 2 is 2.25 bits per heavy atom. The van der Waals surface area contributed by atoms with Gasteiger partial charge >= 0.3 is 5.97 Å². The van der Waals surface area contributed by atoms with Crippen molar-refractivity contribution in [2.24, 2.45) is 0 Å². The van der Waals surface area contributed by atoms with E-state index in [9.17, 15) is 18.0 Å². The molecule has 0 bridgehead atoms. The minimum atomic E-state index is -3.02. The number of halogens is 4. The second kappa shape index (κ2) is 5.29. The van der Waals surface area contributed by atoms with E-state index in [0.717, 1.165) is 0 Å². The minimum absolute atomic E-state index is 0.0269. The Hall–Kier alpha value is -1.11. The number of rotatable bonds is 3. The van der Waals surface area contributed by atoms with Crippen molar-refractivity contribution in [3.05, 3.63) is 27.7 Å². The zero-order chi connectivity index (χ0) is 12.3. The van der Waals surface area contributed by atoms with Crippen molar-refractivity contribution in [1.82, 2.24) is 4.98 Å². The molecule has 0 saturated heterocycles. The van der Waals surface area contributed by atoms with Gasteiger partial charge in [-0.1, -0.05) is 0 Å². The van der Waals surface area contributed by atoms with Gasteiger partial charge in [-0.05, 0) is 22.9 Å². The predicted octanol–water partition coefficient (Wildman–Crippen LogP) is 3.10. The molecule has 0 amide bonds. The van der Waals surface area contributed by atoms with Gasteiger partial charge in [-0.2, -0.15) is 0 Å². The molecule has 0 aromatic carbocycles. The van der Waals surface area contributed by atoms with Gasteiger partial charge in [-0.3, -0.25) is 0 Å². The maximum Gasteiger partial charge on any atom is 0.341 e. The molecule has 3 nitrogen and oxygen atoms in total. The van der Waals surface area contributed by atoms with Crippen LogP contribution in [0.5, 0.6) is 0 Å². The van der Waals surface area contributed by atoms with Gasteiger partial charge in [-0.25, -0.2) is 22.9 Å². The number of aromatic nitrogens is 1. The molecule has 0 spiro atoms. The number of pyridine rings is 1. The molecule has 0 unspecified atom stereocenters. The molecule has 7 heteroatoms. The van der Waals surface area contributed by atoms with Gasteiger partial charge in [0.2, 0.25) is 0 Å². The van der Waals surface area contributed by atoms with E-state index in [1.807, 2.05) is 0 Å². The summed E-state index contributed by atoms with van der Waals surface area (Å²) in [5, 5.41) is 0. The topological polar surface area (TPSA) is 39.2 Å². The highest BCUT2D eigenvalue weighted by molar-refractivity contribution is 9.10. The standard InChI is InChI=1S/C9H7BrF3NO2/c1-2-16-9(15)5-4(11)3-14-7(10)6(5)8(12)13/h3,8H,2H2,1H3. The van der Waals surface area contributed by atoms with Gasteiger partial charge in [0.1, 0.15) is 10.2 Å². The fourth-order valence-corrected chi connectivity index (χ4v) is 1.56. The largest absolute Gasteiger partial charge is 0.462 e. The van der Waals surface area contributed by atoms with E-state index in [2.05, 4.69) is 25.7 Å². The van der Waals surface area contributed by atoms with Crippen LogP contribution in [0.4, 0.5) is 13.2 Å². The van der Waals surface area contributed by atoms with Crippen LogP contribution in [0.3, 0.4) is 0 Å². The van der Waals surface area contributed by atoms with Crippen molar-refractivity contribution in [2.45, 2.75) is 13.3 Å².